The largest absolute Gasteiger partial charge is 0.310 e. The van der Waals surface area contributed by atoms with Gasteiger partial charge in [0.1, 0.15) is 5.82 Å². The second-order valence-electron chi connectivity index (χ2n) is 4.64. The Kier molecular flexibility index (Phi) is 5.05. The third-order valence-electron chi connectivity index (χ3n) is 3.17. The Labute approximate surface area is 119 Å². The highest BCUT2D eigenvalue weighted by atomic mass is 32.2. The highest BCUT2D eigenvalue weighted by molar-refractivity contribution is 7.99. The van der Waals surface area contributed by atoms with Gasteiger partial charge in [0, 0.05) is 24.0 Å². The summed E-state index contributed by atoms with van der Waals surface area (Å²) in [5, 5.41) is 4.13. The molecule has 2 rings (SSSR count). The first kappa shape index (κ1) is 14.2. The molecule has 0 saturated heterocycles. The van der Waals surface area contributed by atoms with Crippen molar-refractivity contribution in [1.29, 1.82) is 0 Å². The van der Waals surface area contributed by atoms with Crippen LogP contribution >= 0.6 is 11.8 Å². The Morgan fingerprint density at radius 1 is 1.32 bits per heavy atom. The monoisotopic (exact) mass is 275 g/mol. The summed E-state index contributed by atoms with van der Waals surface area (Å²) in [5.74, 6) is 1.03. The van der Waals surface area contributed by atoms with Crippen LogP contribution in [0.2, 0.25) is 0 Å². The summed E-state index contributed by atoms with van der Waals surface area (Å²) in [6.07, 6.45) is 4.10. The number of para-hydroxylation sites is 1. The maximum atomic E-state index is 4.43. The SMILES string of the molecule is CSC(C)CNCc1cnc(C)n1-c1ccccc1. The highest BCUT2D eigenvalue weighted by Gasteiger charge is 2.08. The fraction of sp³-hybridized carbons (Fsp3) is 0.400. The van der Waals surface area contributed by atoms with Gasteiger partial charge in [0.25, 0.3) is 0 Å². The van der Waals surface area contributed by atoms with Gasteiger partial charge in [-0.05, 0) is 25.3 Å². The smallest absolute Gasteiger partial charge is 0.110 e. The topological polar surface area (TPSA) is 29.9 Å². The summed E-state index contributed by atoms with van der Waals surface area (Å²) in [7, 11) is 0. The van der Waals surface area contributed by atoms with Crippen molar-refractivity contribution in [2.75, 3.05) is 12.8 Å². The molecule has 0 fully saturated rings. The molecule has 0 radical (unpaired) electrons. The first-order chi connectivity index (χ1) is 9.22. The minimum Gasteiger partial charge on any atom is -0.310 e. The van der Waals surface area contributed by atoms with Crippen molar-refractivity contribution < 1.29 is 0 Å². The number of thioether (sulfide) groups is 1. The summed E-state index contributed by atoms with van der Waals surface area (Å²) < 4.78 is 2.21. The van der Waals surface area contributed by atoms with Gasteiger partial charge in [-0.25, -0.2) is 4.98 Å². The molecular formula is C15H21N3S. The Hall–Kier alpha value is -1.26. The number of hydrogen-bond acceptors (Lipinski definition) is 3. The molecule has 1 aromatic heterocycles. The zero-order valence-electron chi connectivity index (χ0n) is 11.8. The summed E-state index contributed by atoms with van der Waals surface area (Å²) in [4.78, 5) is 4.43. The molecule has 1 heterocycles. The van der Waals surface area contributed by atoms with Crippen molar-refractivity contribution in [1.82, 2.24) is 14.9 Å². The maximum Gasteiger partial charge on any atom is 0.110 e. The number of nitrogens with zero attached hydrogens (tertiary/aromatic N) is 2. The molecule has 0 saturated carbocycles. The molecule has 3 nitrogen and oxygen atoms in total. The van der Waals surface area contributed by atoms with Gasteiger partial charge < -0.3 is 5.32 Å². The molecule has 2 aromatic rings. The number of aromatic nitrogens is 2. The van der Waals surface area contributed by atoms with Crippen molar-refractivity contribution >= 4 is 11.8 Å². The lowest BCUT2D eigenvalue weighted by atomic mass is 10.3. The summed E-state index contributed by atoms with van der Waals surface area (Å²) in [6.45, 7) is 6.14. The van der Waals surface area contributed by atoms with E-state index in [4.69, 9.17) is 0 Å². The van der Waals surface area contributed by atoms with Gasteiger partial charge in [0.2, 0.25) is 0 Å². The predicted octanol–water partition coefficient (Wildman–Crippen LogP) is 3.02. The lowest BCUT2D eigenvalue weighted by Gasteiger charge is -2.13. The van der Waals surface area contributed by atoms with Gasteiger partial charge in [-0.2, -0.15) is 11.8 Å². The van der Waals surface area contributed by atoms with Crippen molar-refractivity contribution in [2.24, 2.45) is 0 Å². The van der Waals surface area contributed by atoms with Crippen LogP contribution in [0.3, 0.4) is 0 Å². The molecule has 0 aliphatic rings. The lowest BCUT2D eigenvalue weighted by Crippen LogP contribution is -2.23. The molecule has 1 N–H and O–H groups in total. The minimum atomic E-state index is 0.634. The van der Waals surface area contributed by atoms with E-state index >= 15 is 0 Å². The molecule has 1 atom stereocenters. The van der Waals surface area contributed by atoms with Gasteiger partial charge in [0.05, 0.1) is 11.9 Å². The van der Waals surface area contributed by atoms with Gasteiger partial charge in [-0.1, -0.05) is 25.1 Å². The van der Waals surface area contributed by atoms with E-state index in [1.165, 1.54) is 11.4 Å². The van der Waals surface area contributed by atoms with Gasteiger partial charge in [0.15, 0.2) is 0 Å². The first-order valence-electron chi connectivity index (χ1n) is 6.54. The molecular weight excluding hydrogens is 254 g/mol. The van der Waals surface area contributed by atoms with Crippen LogP contribution in [0.5, 0.6) is 0 Å². The van der Waals surface area contributed by atoms with Crippen LogP contribution < -0.4 is 5.32 Å². The minimum absolute atomic E-state index is 0.634. The molecule has 4 heteroatoms. The zero-order chi connectivity index (χ0) is 13.7. The molecule has 102 valence electrons. The van der Waals surface area contributed by atoms with Crippen LogP contribution in [0.1, 0.15) is 18.4 Å². The average molecular weight is 275 g/mol. The fourth-order valence-corrected chi connectivity index (χ4v) is 2.32. The number of rotatable bonds is 6. The van der Waals surface area contributed by atoms with Crippen LogP contribution in [-0.2, 0) is 6.54 Å². The lowest BCUT2D eigenvalue weighted by molar-refractivity contribution is 0.662. The zero-order valence-corrected chi connectivity index (χ0v) is 12.6. The molecule has 1 aromatic carbocycles. The van der Waals surface area contributed by atoms with Crippen LogP contribution in [0, 0.1) is 6.92 Å². The van der Waals surface area contributed by atoms with Crippen LogP contribution in [0.4, 0.5) is 0 Å². The van der Waals surface area contributed by atoms with E-state index in [1.54, 1.807) is 0 Å². The Bertz CT molecular complexity index is 507. The molecule has 19 heavy (non-hydrogen) atoms. The molecule has 0 bridgehead atoms. The van der Waals surface area contributed by atoms with E-state index in [0.717, 1.165) is 18.9 Å². The number of hydrogen-bond donors (Lipinski definition) is 1. The number of benzene rings is 1. The number of nitrogens with one attached hydrogen (secondary N) is 1. The second-order valence-corrected chi connectivity index (χ2v) is 5.92. The molecule has 1 unspecified atom stereocenters. The highest BCUT2D eigenvalue weighted by Crippen LogP contribution is 2.14. The molecule has 0 aliphatic carbocycles. The first-order valence-corrected chi connectivity index (χ1v) is 7.83. The Morgan fingerprint density at radius 2 is 2.05 bits per heavy atom. The third kappa shape index (κ3) is 3.61. The van der Waals surface area contributed by atoms with E-state index < -0.39 is 0 Å². The fourth-order valence-electron chi connectivity index (χ4n) is 2.03. The van der Waals surface area contributed by atoms with Gasteiger partial charge in [-0.3, -0.25) is 4.57 Å². The van der Waals surface area contributed by atoms with E-state index in [0.29, 0.717) is 5.25 Å². The number of imidazole rings is 1. The standard InChI is InChI=1S/C15H21N3S/c1-12(19-3)9-16-10-15-11-17-13(2)18(15)14-7-5-4-6-8-14/h4-8,11-12,16H,9-10H2,1-3H3. The maximum absolute atomic E-state index is 4.43. The third-order valence-corrected chi connectivity index (χ3v) is 4.14. The Balaban J connectivity index is 2.10. The van der Waals surface area contributed by atoms with Gasteiger partial charge >= 0.3 is 0 Å². The Morgan fingerprint density at radius 3 is 2.74 bits per heavy atom. The average Bonchev–Trinajstić information content (AvgIpc) is 2.80. The predicted molar refractivity (Wildman–Crippen MR) is 83.0 cm³/mol. The summed E-state index contributed by atoms with van der Waals surface area (Å²) in [6, 6.07) is 10.4. The normalized spacial score (nSPS) is 12.6. The van der Waals surface area contributed by atoms with E-state index in [1.807, 2.05) is 30.9 Å². The van der Waals surface area contributed by atoms with Crippen LogP contribution in [0.15, 0.2) is 36.5 Å². The van der Waals surface area contributed by atoms with Crippen molar-refractivity contribution in [2.45, 2.75) is 25.6 Å². The van der Waals surface area contributed by atoms with E-state index in [2.05, 4.69) is 52.3 Å². The quantitative estimate of drug-likeness (QED) is 0.879. The van der Waals surface area contributed by atoms with Crippen molar-refractivity contribution in [3.05, 3.63) is 48.0 Å². The van der Waals surface area contributed by atoms with E-state index in [9.17, 15) is 0 Å². The van der Waals surface area contributed by atoms with Gasteiger partial charge in [-0.15, -0.1) is 0 Å². The van der Waals surface area contributed by atoms with Crippen LogP contribution in [0.25, 0.3) is 5.69 Å². The van der Waals surface area contributed by atoms with Crippen molar-refractivity contribution in [3.63, 3.8) is 0 Å². The van der Waals surface area contributed by atoms with Crippen molar-refractivity contribution in [3.8, 4) is 5.69 Å². The summed E-state index contributed by atoms with van der Waals surface area (Å²) >= 11 is 1.88. The molecule has 0 aliphatic heterocycles. The summed E-state index contributed by atoms with van der Waals surface area (Å²) in [5.41, 5.74) is 2.38. The van der Waals surface area contributed by atoms with E-state index in [-0.39, 0.29) is 0 Å². The second kappa shape index (κ2) is 6.78. The number of aryl methyl sites for hydroxylation is 1. The molecule has 0 amide bonds. The molecule has 0 spiro atoms. The van der Waals surface area contributed by atoms with Crippen LogP contribution in [-0.4, -0.2) is 27.6 Å².